The van der Waals surface area contributed by atoms with E-state index in [2.05, 4.69) is 15.5 Å². The Bertz CT molecular complexity index is 609. The van der Waals surface area contributed by atoms with Gasteiger partial charge >= 0.3 is 0 Å². The zero-order valence-corrected chi connectivity index (χ0v) is 11.0. The highest BCUT2D eigenvalue weighted by atomic mass is 35.5. The molecule has 1 aromatic carbocycles. The molecule has 0 saturated carbocycles. The van der Waals surface area contributed by atoms with Gasteiger partial charge < -0.3 is 5.32 Å². The van der Waals surface area contributed by atoms with E-state index >= 15 is 0 Å². The van der Waals surface area contributed by atoms with Gasteiger partial charge in [0, 0.05) is 6.04 Å². The summed E-state index contributed by atoms with van der Waals surface area (Å²) in [4.78, 5) is 11.3. The van der Waals surface area contributed by atoms with Crippen LogP contribution in [0.25, 0.3) is 0 Å². The molecule has 2 rings (SSSR count). The molecular formula is C13H14ClN3O. The van der Waals surface area contributed by atoms with E-state index in [1.807, 2.05) is 38.1 Å². The minimum atomic E-state index is -0.390. The first kappa shape index (κ1) is 12.6. The predicted molar refractivity (Wildman–Crippen MR) is 73.1 cm³/mol. The molecule has 2 N–H and O–H groups in total. The van der Waals surface area contributed by atoms with Crippen LogP contribution in [0.4, 0.5) is 5.69 Å². The molecule has 0 aliphatic heterocycles. The van der Waals surface area contributed by atoms with Crippen LogP contribution in [-0.2, 0) is 0 Å². The lowest BCUT2D eigenvalue weighted by molar-refractivity contribution is 0.865. The summed E-state index contributed by atoms with van der Waals surface area (Å²) in [6, 6.07) is 8.12. The zero-order chi connectivity index (χ0) is 13.1. The fourth-order valence-electron chi connectivity index (χ4n) is 1.87. The molecule has 94 valence electrons. The van der Waals surface area contributed by atoms with Crippen molar-refractivity contribution < 1.29 is 0 Å². The van der Waals surface area contributed by atoms with Crippen LogP contribution in [0.15, 0.2) is 35.3 Å². The van der Waals surface area contributed by atoms with Gasteiger partial charge in [0.1, 0.15) is 5.02 Å². The van der Waals surface area contributed by atoms with Crippen LogP contribution in [-0.4, -0.2) is 10.2 Å². The van der Waals surface area contributed by atoms with Crippen LogP contribution in [0.3, 0.4) is 0 Å². The first-order chi connectivity index (χ1) is 8.59. The molecule has 0 fully saturated rings. The molecular weight excluding hydrogens is 250 g/mol. The second-order valence-electron chi connectivity index (χ2n) is 4.15. The van der Waals surface area contributed by atoms with Crippen molar-refractivity contribution in [3.63, 3.8) is 0 Å². The van der Waals surface area contributed by atoms with Crippen LogP contribution in [0.1, 0.15) is 24.1 Å². The Morgan fingerprint density at radius 1 is 1.39 bits per heavy atom. The van der Waals surface area contributed by atoms with Gasteiger partial charge in [-0.1, -0.05) is 35.9 Å². The van der Waals surface area contributed by atoms with E-state index < -0.39 is 5.56 Å². The van der Waals surface area contributed by atoms with E-state index in [1.165, 1.54) is 11.8 Å². The largest absolute Gasteiger partial charge is 0.376 e. The number of anilines is 1. The zero-order valence-electron chi connectivity index (χ0n) is 10.2. The second-order valence-corrected chi connectivity index (χ2v) is 4.53. The lowest BCUT2D eigenvalue weighted by atomic mass is 10.0. The molecule has 0 radical (unpaired) electrons. The molecule has 1 heterocycles. The number of aromatic nitrogens is 2. The summed E-state index contributed by atoms with van der Waals surface area (Å²) >= 11 is 5.92. The summed E-state index contributed by atoms with van der Waals surface area (Å²) in [6.45, 7) is 4.06. The number of rotatable bonds is 3. The molecule has 0 bridgehead atoms. The van der Waals surface area contributed by atoms with E-state index in [-0.39, 0.29) is 11.1 Å². The van der Waals surface area contributed by atoms with E-state index in [4.69, 9.17) is 11.6 Å². The molecule has 2 aromatic rings. The highest BCUT2D eigenvalue weighted by Gasteiger charge is 2.11. The monoisotopic (exact) mass is 263 g/mol. The average molecular weight is 264 g/mol. The highest BCUT2D eigenvalue weighted by Crippen LogP contribution is 2.24. The lowest BCUT2D eigenvalue weighted by Crippen LogP contribution is -2.14. The first-order valence-corrected chi connectivity index (χ1v) is 6.02. The fraction of sp³-hybridized carbons (Fsp3) is 0.231. The van der Waals surface area contributed by atoms with Crippen LogP contribution in [0, 0.1) is 6.92 Å². The minimum Gasteiger partial charge on any atom is -0.376 e. The van der Waals surface area contributed by atoms with Gasteiger partial charge in [-0.05, 0) is 25.0 Å². The van der Waals surface area contributed by atoms with Crippen molar-refractivity contribution in [1.82, 2.24) is 10.2 Å². The van der Waals surface area contributed by atoms with Crippen molar-refractivity contribution in [2.75, 3.05) is 5.32 Å². The summed E-state index contributed by atoms with van der Waals surface area (Å²) in [5, 5.41) is 9.34. The summed E-state index contributed by atoms with van der Waals surface area (Å²) in [6.07, 6.45) is 1.51. The SMILES string of the molecule is Cc1ccccc1C(C)Nc1cn[nH]c(=O)c1Cl. The van der Waals surface area contributed by atoms with Crippen LogP contribution < -0.4 is 10.9 Å². The van der Waals surface area contributed by atoms with Crippen molar-refractivity contribution in [2.45, 2.75) is 19.9 Å². The second kappa shape index (κ2) is 5.23. The van der Waals surface area contributed by atoms with E-state index in [9.17, 15) is 4.79 Å². The Balaban J connectivity index is 2.27. The molecule has 0 aliphatic carbocycles. The van der Waals surface area contributed by atoms with Crippen molar-refractivity contribution in [1.29, 1.82) is 0 Å². The molecule has 1 atom stereocenters. The molecule has 0 spiro atoms. The molecule has 1 unspecified atom stereocenters. The van der Waals surface area contributed by atoms with Gasteiger partial charge in [-0.15, -0.1) is 0 Å². The summed E-state index contributed by atoms with van der Waals surface area (Å²) in [5.74, 6) is 0. The summed E-state index contributed by atoms with van der Waals surface area (Å²) in [5.41, 5.74) is 2.50. The van der Waals surface area contributed by atoms with Gasteiger partial charge in [0.2, 0.25) is 0 Å². The summed E-state index contributed by atoms with van der Waals surface area (Å²) in [7, 11) is 0. The Kier molecular flexibility index (Phi) is 3.67. The molecule has 0 saturated heterocycles. The minimum absolute atomic E-state index is 0.0484. The third-order valence-corrected chi connectivity index (χ3v) is 3.20. The van der Waals surface area contributed by atoms with Crippen LogP contribution in [0.2, 0.25) is 5.02 Å². The number of hydrogen-bond donors (Lipinski definition) is 2. The van der Waals surface area contributed by atoms with E-state index in [0.29, 0.717) is 5.69 Å². The Hall–Kier alpha value is -1.81. The van der Waals surface area contributed by atoms with Gasteiger partial charge in [0.25, 0.3) is 5.56 Å². The maximum Gasteiger partial charge on any atom is 0.285 e. The number of nitrogens with zero attached hydrogens (tertiary/aromatic N) is 1. The summed E-state index contributed by atoms with van der Waals surface area (Å²) < 4.78 is 0. The van der Waals surface area contributed by atoms with Crippen molar-refractivity contribution in [2.24, 2.45) is 0 Å². The van der Waals surface area contributed by atoms with E-state index in [1.54, 1.807) is 0 Å². The van der Waals surface area contributed by atoms with Gasteiger partial charge in [0.15, 0.2) is 0 Å². The number of aryl methyl sites for hydroxylation is 1. The smallest absolute Gasteiger partial charge is 0.285 e. The number of aromatic amines is 1. The first-order valence-electron chi connectivity index (χ1n) is 5.65. The standard InChI is InChI=1S/C13H14ClN3O/c1-8-5-3-4-6-10(8)9(2)16-11-7-15-17-13(18)12(11)14/h3-7,9H,1-2H3,(H2,16,17,18). The number of hydrogen-bond acceptors (Lipinski definition) is 3. The van der Waals surface area contributed by atoms with Crippen LogP contribution >= 0.6 is 11.6 Å². The molecule has 4 nitrogen and oxygen atoms in total. The van der Waals surface area contributed by atoms with Gasteiger partial charge in [-0.2, -0.15) is 5.10 Å². The highest BCUT2D eigenvalue weighted by molar-refractivity contribution is 6.32. The topological polar surface area (TPSA) is 57.8 Å². The van der Waals surface area contributed by atoms with E-state index in [0.717, 1.165) is 5.56 Å². The predicted octanol–water partition coefficient (Wildman–Crippen LogP) is 2.90. The maximum absolute atomic E-state index is 11.3. The average Bonchev–Trinajstić information content (AvgIpc) is 2.35. The van der Waals surface area contributed by atoms with Crippen molar-refractivity contribution >= 4 is 17.3 Å². The molecule has 18 heavy (non-hydrogen) atoms. The quantitative estimate of drug-likeness (QED) is 0.895. The van der Waals surface area contributed by atoms with Crippen LogP contribution in [0.5, 0.6) is 0 Å². The van der Waals surface area contributed by atoms with Crippen molar-refractivity contribution in [3.05, 3.63) is 57.0 Å². The number of halogens is 1. The number of H-pyrrole nitrogens is 1. The van der Waals surface area contributed by atoms with Gasteiger partial charge in [0.05, 0.1) is 11.9 Å². The maximum atomic E-state index is 11.3. The Morgan fingerprint density at radius 2 is 2.11 bits per heavy atom. The van der Waals surface area contributed by atoms with Gasteiger partial charge in [-0.3, -0.25) is 4.79 Å². The fourth-order valence-corrected chi connectivity index (χ4v) is 2.01. The normalized spacial score (nSPS) is 12.2. The Morgan fingerprint density at radius 3 is 2.83 bits per heavy atom. The lowest BCUT2D eigenvalue weighted by Gasteiger charge is -2.17. The number of nitrogens with one attached hydrogen (secondary N) is 2. The third-order valence-electron chi connectivity index (χ3n) is 2.82. The van der Waals surface area contributed by atoms with Gasteiger partial charge in [-0.25, -0.2) is 5.10 Å². The molecule has 0 amide bonds. The molecule has 1 aromatic heterocycles. The molecule has 5 heteroatoms. The van der Waals surface area contributed by atoms with Crippen molar-refractivity contribution in [3.8, 4) is 0 Å². The third kappa shape index (κ3) is 2.54. The molecule has 0 aliphatic rings. The Labute approximate surface area is 110 Å². The number of benzene rings is 1.